The van der Waals surface area contributed by atoms with Crippen molar-refractivity contribution < 1.29 is 21.6 Å². The van der Waals surface area contributed by atoms with Gasteiger partial charge in [-0.15, -0.1) is 5.10 Å². The molecule has 0 spiro atoms. The minimum Gasteiger partial charge on any atom is -0.279 e. The van der Waals surface area contributed by atoms with Gasteiger partial charge in [0.25, 0.3) is 10.0 Å². The van der Waals surface area contributed by atoms with Crippen molar-refractivity contribution in [3.05, 3.63) is 65.5 Å². The number of nitriles is 1. The van der Waals surface area contributed by atoms with Gasteiger partial charge in [0.2, 0.25) is 0 Å². The van der Waals surface area contributed by atoms with E-state index in [4.69, 9.17) is 5.26 Å². The third kappa shape index (κ3) is 5.46. The van der Waals surface area contributed by atoms with E-state index in [9.17, 15) is 21.6 Å². The van der Waals surface area contributed by atoms with Gasteiger partial charge in [-0.25, -0.2) is 13.1 Å². The smallest absolute Gasteiger partial charge is 0.279 e. The first-order chi connectivity index (χ1) is 14.7. The van der Waals surface area contributed by atoms with Gasteiger partial charge in [0.15, 0.2) is 5.82 Å². The molecule has 31 heavy (non-hydrogen) atoms. The summed E-state index contributed by atoms with van der Waals surface area (Å²) in [7, 11) is -4.12. The maximum atomic E-state index is 13.2. The van der Waals surface area contributed by atoms with Crippen LogP contribution in [0.1, 0.15) is 23.4 Å². The van der Waals surface area contributed by atoms with Crippen molar-refractivity contribution in [1.29, 1.82) is 5.26 Å². The maximum Gasteiger partial charge on any atom is 0.416 e. The Morgan fingerprint density at radius 3 is 2.55 bits per heavy atom. The summed E-state index contributed by atoms with van der Waals surface area (Å²) in [5.41, 5.74) is -1.09. The van der Waals surface area contributed by atoms with E-state index in [-0.39, 0.29) is 34.9 Å². The fourth-order valence-electron chi connectivity index (χ4n) is 2.58. The van der Waals surface area contributed by atoms with Crippen LogP contribution in [0.5, 0.6) is 0 Å². The molecular formula is C19H15F3N6O2S. The van der Waals surface area contributed by atoms with Gasteiger partial charge in [-0.2, -0.15) is 18.4 Å². The Bertz CT molecular complexity index is 1230. The Balaban J connectivity index is 1.99. The molecule has 3 aromatic rings. The summed E-state index contributed by atoms with van der Waals surface area (Å²) in [4.78, 5) is -0.0946. The normalized spacial score (nSPS) is 12.1. The number of hydrogen-bond acceptors (Lipinski definition) is 6. The molecule has 0 radical (unpaired) electrons. The summed E-state index contributed by atoms with van der Waals surface area (Å²) in [5.74, 6) is 0.256. The zero-order valence-electron chi connectivity index (χ0n) is 15.8. The van der Waals surface area contributed by atoms with Crippen LogP contribution in [0.2, 0.25) is 0 Å². The minimum atomic E-state index is -4.66. The third-order valence-electron chi connectivity index (χ3n) is 4.09. The number of hydrogen-bond donors (Lipinski definition) is 1. The summed E-state index contributed by atoms with van der Waals surface area (Å²) >= 11 is 0. The Kier molecular flexibility index (Phi) is 6.36. The molecule has 0 fully saturated rings. The molecular weight excluding hydrogens is 433 g/mol. The lowest BCUT2D eigenvalue weighted by Crippen LogP contribution is -2.15. The Hall–Kier alpha value is -3.72. The number of nitrogens with zero attached hydrogens (tertiary/aromatic N) is 5. The number of halogens is 3. The molecule has 8 nitrogen and oxygen atoms in total. The van der Waals surface area contributed by atoms with Crippen LogP contribution in [0.3, 0.4) is 0 Å². The lowest BCUT2D eigenvalue weighted by Gasteiger charge is -2.14. The van der Waals surface area contributed by atoms with E-state index in [1.807, 2.05) is 6.07 Å². The SMILES string of the molecule is N#CCCn1nnnc1/C=C/c1ccc(C(F)(F)F)cc1NS(=O)(=O)c1ccccc1. The standard InChI is InChI=1S/C19H15F3N6O2S/c20-19(21,22)15-9-7-14(8-10-18-24-26-27-28(18)12-4-11-23)17(13-15)25-31(29,30)16-5-2-1-3-6-16/h1-3,5-10,13,25H,4,12H2/b10-8+. The molecule has 0 saturated heterocycles. The monoisotopic (exact) mass is 448 g/mol. The van der Waals surface area contributed by atoms with Crippen molar-refractivity contribution in [3.63, 3.8) is 0 Å². The number of aromatic nitrogens is 4. The summed E-state index contributed by atoms with van der Waals surface area (Å²) in [5, 5.41) is 19.7. The molecule has 0 bridgehead atoms. The Morgan fingerprint density at radius 1 is 1.13 bits per heavy atom. The molecule has 0 aliphatic carbocycles. The van der Waals surface area contributed by atoms with Gasteiger partial charge in [0.1, 0.15) is 0 Å². The van der Waals surface area contributed by atoms with Crippen molar-refractivity contribution in [3.8, 4) is 6.07 Å². The first-order valence-corrected chi connectivity index (χ1v) is 10.3. The van der Waals surface area contributed by atoms with Gasteiger partial charge >= 0.3 is 6.18 Å². The van der Waals surface area contributed by atoms with Gasteiger partial charge in [0, 0.05) is 0 Å². The summed E-state index contributed by atoms with van der Waals surface area (Å²) in [6.45, 7) is 0.226. The van der Waals surface area contributed by atoms with Gasteiger partial charge in [-0.3, -0.25) is 4.72 Å². The van der Waals surface area contributed by atoms with Crippen LogP contribution in [0.15, 0.2) is 53.4 Å². The number of nitrogens with one attached hydrogen (secondary N) is 1. The second-order valence-electron chi connectivity index (χ2n) is 6.22. The lowest BCUT2D eigenvalue weighted by molar-refractivity contribution is -0.137. The van der Waals surface area contributed by atoms with E-state index in [1.165, 1.54) is 41.1 Å². The lowest BCUT2D eigenvalue weighted by atomic mass is 10.1. The molecule has 3 rings (SSSR count). The van der Waals surface area contributed by atoms with E-state index in [0.29, 0.717) is 0 Å². The zero-order valence-corrected chi connectivity index (χ0v) is 16.6. The molecule has 0 unspecified atom stereocenters. The van der Waals surface area contributed by atoms with E-state index < -0.39 is 21.8 Å². The molecule has 1 heterocycles. The van der Waals surface area contributed by atoms with Crippen LogP contribution in [-0.2, 0) is 22.7 Å². The van der Waals surface area contributed by atoms with E-state index >= 15 is 0 Å². The molecule has 0 saturated carbocycles. The molecule has 160 valence electrons. The summed E-state index contributed by atoms with van der Waals surface area (Å²) < 4.78 is 68.4. The molecule has 2 aromatic carbocycles. The number of alkyl halides is 3. The summed E-state index contributed by atoms with van der Waals surface area (Å²) in [6, 6.07) is 11.9. The molecule has 0 aliphatic rings. The largest absolute Gasteiger partial charge is 0.416 e. The first-order valence-electron chi connectivity index (χ1n) is 8.81. The van der Waals surface area contributed by atoms with E-state index in [2.05, 4.69) is 20.2 Å². The van der Waals surface area contributed by atoms with Crippen LogP contribution < -0.4 is 4.72 Å². The molecule has 12 heteroatoms. The first kappa shape index (κ1) is 22.0. The van der Waals surface area contributed by atoms with Gasteiger partial charge in [0.05, 0.1) is 35.2 Å². The van der Waals surface area contributed by atoms with Crippen molar-refractivity contribution in [2.75, 3.05) is 4.72 Å². The van der Waals surface area contributed by atoms with Gasteiger partial charge in [-0.1, -0.05) is 24.3 Å². The van der Waals surface area contributed by atoms with Crippen LogP contribution in [0.25, 0.3) is 12.2 Å². The quantitative estimate of drug-likeness (QED) is 0.591. The number of aryl methyl sites for hydroxylation is 1. The van der Waals surface area contributed by atoms with Gasteiger partial charge in [-0.05, 0) is 52.4 Å². The average molecular weight is 448 g/mol. The highest BCUT2D eigenvalue weighted by Gasteiger charge is 2.31. The second kappa shape index (κ2) is 8.97. The molecule has 0 aliphatic heterocycles. The minimum absolute atomic E-state index is 0.0946. The molecule has 1 aromatic heterocycles. The highest BCUT2D eigenvalue weighted by atomic mass is 32.2. The van der Waals surface area contributed by atoms with E-state index in [1.54, 1.807) is 6.07 Å². The van der Waals surface area contributed by atoms with Crippen molar-refractivity contribution in [2.45, 2.75) is 24.0 Å². The average Bonchev–Trinajstić information content (AvgIpc) is 3.18. The van der Waals surface area contributed by atoms with Crippen LogP contribution in [0, 0.1) is 11.3 Å². The molecule has 0 amide bonds. The third-order valence-corrected chi connectivity index (χ3v) is 5.47. The van der Waals surface area contributed by atoms with Crippen molar-refractivity contribution in [2.24, 2.45) is 0 Å². The van der Waals surface area contributed by atoms with Crippen molar-refractivity contribution in [1.82, 2.24) is 20.2 Å². The number of sulfonamides is 1. The number of tetrazole rings is 1. The highest BCUT2D eigenvalue weighted by molar-refractivity contribution is 7.92. The second-order valence-corrected chi connectivity index (χ2v) is 7.90. The topological polar surface area (TPSA) is 114 Å². The zero-order chi connectivity index (χ0) is 22.5. The van der Waals surface area contributed by atoms with E-state index in [0.717, 1.165) is 18.2 Å². The fourth-order valence-corrected chi connectivity index (χ4v) is 3.68. The van der Waals surface area contributed by atoms with Crippen molar-refractivity contribution >= 4 is 27.9 Å². The van der Waals surface area contributed by atoms with Crippen LogP contribution in [0.4, 0.5) is 18.9 Å². The number of anilines is 1. The predicted octanol–water partition coefficient (Wildman–Crippen LogP) is 3.58. The number of rotatable bonds is 7. The summed E-state index contributed by atoms with van der Waals surface area (Å²) in [6.07, 6.45) is -1.69. The number of benzene rings is 2. The van der Waals surface area contributed by atoms with Crippen LogP contribution >= 0.6 is 0 Å². The highest BCUT2D eigenvalue weighted by Crippen LogP contribution is 2.33. The predicted molar refractivity (Wildman–Crippen MR) is 106 cm³/mol. The van der Waals surface area contributed by atoms with Crippen LogP contribution in [-0.4, -0.2) is 28.6 Å². The Morgan fingerprint density at radius 2 is 1.87 bits per heavy atom. The molecule has 0 atom stereocenters. The molecule has 1 N–H and O–H groups in total. The maximum absolute atomic E-state index is 13.2. The fraction of sp³-hybridized carbons (Fsp3) is 0.158. The Labute approximate surface area is 175 Å². The van der Waals surface area contributed by atoms with Gasteiger partial charge < -0.3 is 0 Å².